The molecule has 3 heterocycles. The summed E-state index contributed by atoms with van der Waals surface area (Å²) in [6.07, 6.45) is 2.06. The van der Waals surface area contributed by atoms with Crippen LogP contribution in [-0.2, 0) is 21.7 Å². The summed E-state index contributed by atoms with van der Waals surface area (Å²) in [5.41, 5.74) is 1.56. The molecular weight excluding hydrogens is 372 g/mol. The monoisotopic (exact) mass is 398 g/mol. The lowest BCUT2D eigenvalue weighted by atomic mass is 9.76. The number of fused-ring (bicyclic) bond motifs is 2. The van der Waals surface area contributed by atoms with E-state index in [-0.39, 0.29) is 24.8 Å². The third kappa shape index (κ3) is 3.93. The Morgan fingerprint density at radius 2 is 1.97 bits per heavy atom. The first kappa shape index (κ1) is 19.7. The minimum absolute atomic E-state index is 0.224. The zero-order valence-corrected chi connectivity index (χ0v) is 16.7. The van der Waals surface area contributed by atoms with Crippen molar-refractivity contribution >= 4 is 6.09 Å². The lowest BCUT2D eigenvalue weighted by molar-refractivity contribution is -0.137. The van der Waals surface area contributed by atoms with Gasteiger partial charge in [-0.25, -0.2) is 9.78 Å². The first-order valence-corrected chi connectivity index (χ1v) is 9.80. The number of aliphatic hydroxyl groups is 1. The van der Waals surface area contributed by atoms with Gasteiger partial charge < -0.3 is 19.3 Å². The van der Waals surface area contributed by atoms with Gasteiger partial charge in [0.1, 0.15) is 6.61 Å². The minimum Gasteiger partial charge on any atom is -0.481 e. The summed E-state index contributed by atoms with van der Waals surface area (Å²) in [5.74, 6) is 0.514. The number of aryl methyl sites for hydroxylation is 1. The molecule has 2 saturated heterocycles. The highest BCUT2D eigenvalue weighted by molar-refractivity contribution is 5.69. The number of piperidine rings is 1. The second-order valence-corrected chi connectivity index (χ2v) is 7.77. The van der Waals surface area contributed by atoms with Gasteiger partial charge in [-0.3, -0.25) is 4.90 Å². The summed E-state index contributed by atoms with van der Waals surface area (Å²) in [5, 5.41) is 11.5. The van der Waals surface area contributed by atoms with Crippen molar-refractivity contribution in [2.75, 3.05) is 20.3 Å². The average Bonchev–Trinajstić information content (AvgIpc) is 2.72. The largest absolute Gasteiger partial charge is 0.481 e. The topological polar surface area (TPSA) is 81.1 Å². The molecule has 2 aromatic rings. The Bertz CT molecular complexity index is 859. The van der Waals surface area contributed by atoms with E-state index in [9.17, 15) is 9.90 Å². The quantitative estimate of drug-likeness (QED) is 0.853. The van der Waals surface area contributed by atoms with Crippen LogP contribution in [0.15, 0.2) is 42.6 Å². The fraction of sp³-hybridized carbons (Fsp3) is 0.455. The number of benzene rings is 1. The number of rotatable bonds is 4. The highest BCUT2D eigenvalue weighted by atomic mass is 16.6. The summed E-state index contributed by atoms with van der Waals surface area (Å²) in [6, 6.07) is 10.9. The zero-order chi connectivity index (χ0) is 20.4. The summed E-state index contributed by atoms with van der Waals surface area (Å²) < 4.78 is 16.4. The van der Waals surface area contributed by atoms with Crippen molar-refractivity contribution < 1.29 is 24.1 Å². The van der Waals surface area contributed by atoms with E-state index in [1.54, 1.807) is 18.2 Å². The molecular formula is C22H26N2O5. The molecule has 0 radical (unpaired) electrons. The minimum atomic E-state index is -1.07. The van der Waals surface area contributed by atoms with E-state index in [0.717, 1.165) is 16.7 Å². The van der Waals surface area contributed by atoms with Gasteiger partial charge in [-0.2, -0.15) is 0 Å². The molecule has 7 heteroatoms. The fourth-order valence-electron chi connectivity index (χ4n) is 4.42. The Hall–Kier alpha value is -2.64. The van der Waals surface area contributed by atoms with Crippen molar-refractivity contribution in [3.63, 3.8) is 0 Å². The third-order valence-electron chi connectivity index (χ3n) is 5.77. The smallest absolute Gasteiger partial charge is 0.410 e. The number of pyridine rings is 1. The van der Waals surface area contributed by atoms with Crippen LogP contribution in [-0.4, -0.2) is 53.5 Å². The van der Waals surface area contributed by atoms with E-state index in [2.05, 4.69) is 4.98 Å². The highest BCUT2D eigenvalue weighted by Crippen LogP contribution is 2.42. The van der Waals surface area contributed by atoms with E-state index in [0.29, 0.717) is 31.9 Å². The van der Waals surface area contributed by atoms with E-state index in [4.69, 9.17) is 14.2 Å². The number of carbonyl (C=O) groups is 1. The van der Waals surface area contributed by atoms with Gasteiger partial charge in [0, 0.05) is 30.7 Å². The summed E-state index contributed by atoms with van der Waals surface area (Å²) >= 11 is 0. The molecule has 1 N–H and O–H groups in total. The number of ether oxygens (including phenoxy) is 3. The van der Waals surface area contributed by atoms with Crippen molar-refractivity contribution in [2.24, 2.45) is 0 Å². The standard InChI is InChI=1S/C22H26N2O5/c1-15-8-20(27-2)23-11-19(15)22(26)9-17-13-28-14-18(10-22)24(17)21(25)29-12-16-6-4-3-5-7-16/h3-8,11,17-18,26H,9-10,12-14H2,1-2H3. The van der Waals surface area contributed by atoms with E-state index in [1.807, 2.05) is 43.3 Å². The number of aromatic nitrogens is 1. The van der Waals surface area contributed by atoms with Gasteiger partial charge >= 0.3 is 6.09 Å². The number of carbonyl (C=O) groups excluding carboxylic acids is 1. The van der Waals surface area contributed by atoms with E-state index in [1.165, 1.54) is 0 Å². The van der Waals surface area contributed by atoms with Crippen LogP contribution in [0.5, 0.6) is 5.88 Å². The third-order valence-corrected chi connectivity index (χ3v) is 5.77. The van der Waals surface area contributed by atoms with Crippen molar-refractivity contribution in [1.82, 2.24) is 9.88 Å². The molecule has 29 heavy (non-hydrogen) atoms. The van der Waals surface area contributed by atoms with E-state index < -0.39 is 5.60 Å². The highest BCUT2D eigenvalue weighted by Gasteiger charge is 2.50. The molecule has 2 fully saturated rings. The number of morpholine rings is 1. The molecule has 0 saturated carbocycles. The van der Waals surface area contributed by atoms with Crippen LogP contribution >= 0.6 is 0 Å². The summed E-state index contributed by atoms with van der Waals surface area (Å²) in [4.78, 5) is 18.8. The van der Waals surface area contributed by atoms with Crippen LogP contribution in [0.25, 0.3) is 0 Å². The van der Waals surface area contributed by atoms with E-state index >= 15 is 0 Å². The number of hydrogen-bond acceptors (Lipinski definition) is 6. The van der Waals surface area contributed by atoms with Crippen LogP contribution in [0.4, 0.5) is 4.79 Å². The molecule has 0 aliphatic carbocycles. The molecule has 154 valence electrons. The second kappa shape index (κ2) is 8.00. The van der Waals surface area contributed by atoms with Gasteiger partial charge in [0.05, 0.1) is 38.0 Å². The molecule has 2 aliphatic rings. The molecule has 1 aromatic heterocycles. The van der Waals surface area contributed by atoms with Crippen LogP contribution < -0.4 is 4.74 Å². The van der Waals surface area contributed by atoms with Crippen molar-refractivity contribution in [1.29, 1.82) is 0 Å². The maximum absolute atomic E-state index is 12.8. The van der Waals surface area contributed by atoms with Crippen molar-refractivity contribution in [3.05, 3.63) is 59.3 Å². The van der Waals surface area contributed by atoms with Crippen molar-refractivity contribution in [3.8, 4) is 5.88 Å². The summed E-state index contributed by atoms with van der Waals surface area (Å²) in [6.45, 7) is 2.91. The van der Waals surface area contributed by atoms with Gasteiger partial charge in [0.15, 0.2) is 0 Å². The maximum atomic E-state index is 12.8. The second-order valence-electron chi connectivity index (χ2n) is 7.77. The van der Waals surface area contributed by atoms with Crippen LogP contribution in [0, 0.1) is 6.92 Å². The lowest BCUT2D eigenvalue weighted by Gasteiger charge is -2.51. The van der Waals surface area contributed by atoms with Crippen molar-refractivity contribution in [2.45, 2.75) is 44.1 Å². The fourth-order valence-corrected chi connectivity index (χ4v) is 4.42. The molecule has 2 bridgehead atoms. The predicted molar refractivity (Wildman–Crippen MR) is 106 cm³/mol. The Morgan fingerprint density at radius 1 is 1.28 bits per heavy atom. The number of hydrogen-bond donors (Lipinski definition) is 1. The molecule has 0 spiro atoms. The Balaban J connectivity index is 1.50. The molecule has 4 rings (SSSR count). The van der Waals surface area contributed by atoms with Gasteiger partial charge in [-0.05, 0) is 18.1 Å². The SMILES string of the molecule is COc1cc(C)c(C2(O)CC3COCC(C2)N3C(=O)OCc2ccccc2)cn1. The number of methoxy groups -OCH3 is 1. The van der Waals surface area contributed by atoms with Gasteiger partial charge in [0.2, 0.25) is 5.88 Å². The lowest BCUT2D eigenvalue weighted by Crippen LogP contribution is -2.62. The van der Waals surface area contributed by atoms with Crippen LogP contribution in [0.3, 0.4) is 0 Å². The zero-order valence-electron chi connectivity index (χ0n) is 16.7. The first-order valence-electron chi connectivity index (χ1n) is 9.80. The predicted octanol–water partition coefficient (Wildman–Crippen LogP) is 2.79. The number of amides is 1. The Labute approximate surface area is 170 Å². The molecule has 2 atom stereocenters. The maximum Gasteiger partial charge on any atom is 0.410 e. The van der Waals surface area contributed by atoms with Gasteiger partial charge in [0.25, 0.3) is 0 Å². The van der Waals surface area contributed by atoms with Crippen LogP contribution in [0.2, 0.25) is 0 Å². The normalized spacial score (nSPS) is 26.1. The average molecular weight is 398 g/mol. The van der Waals surface area contributed by atoms with Gasteiger partial charge in [-0.15, -0.1) is 0 Å². The Kier molecular flexibility index (Phi) is 5.43. The first-order chi connectivity index (χ1) is 14.0. The molecule has 1 amide bonds. The molecule has 1 aromatic carbocycles. The number of nitrogens with zero attached hydrogens (tertiary/aromatic N) is 2. The Morgan fingerprint density at radius 3 is 2.59 bits per heavy atom. The molecule has 7 nitrogen and oxygen atoms in total. The summed E-state index contributed by atoms with van der Waals surface area (Å²) in [7, 11) is 1.57. The molecule has 2 aliphatic heterocycles. The molecule has 2 unspecified atom stereocenters. The van der Waals surface area contributed by atoms with Gasteiger partial charge in [-0.1, -0.05) is 30.3 Å². The van der Waals surface area contributed by atoms with Crippen LogP contribution in [0.1, 0.15) is 29.5 Å².